The van der Waals surface area contributed by atoms with Gasteiger partial charge in [0.05, 0.1) is 0 Å². The molecule has 0 saturated heterocycles. The Hall–Kier alpha value is -1.43. The fourth-order valence-corrected chi connectivity index (χ4v) is 2.75. The van der Waals surface area contributed by atoms with Crippen molar-refractivity contribution in [2.45, 2.75) is 37.0 Å². The zero-order valence-corrected chi connectivity index (χ0v) is 11.3. The Bertz CT molecular complexity index is 540. The highest BCUT2D eigenvalue weighted by Crippen LogP contribution is 2.19. The molecule has 6 heteroatoms. The van der Waals surface area contributed by atoms with Crippen LogP contribution in [-0.4, -0.2) is 25.6 Å². The third-order valence-electron chi connectivity index (χ3n) is 2.41. The summed E-state index contributed by atoms with van der Waals surface area (Å²) in [6.07, 6.45) is 0. The Morgan fingerprint density at radius 2 is 1.78 bits per heavy atom. The fourth-order valence-electron chi connectivity index (χ4n) is 1.41. The van der Waals surface area contributed by atoms with E-state index >= 15 is 0 Å². The maximum Gasteiger partial charge on any atom is 0.238 e. The van der Waals surface area contributed by atoms with E-state index in [0.717, 1.165) is 12.1 Å². The van der Waals surface area contributed by atoms with Crippen molar-refractivity contribution in [1.29, 1.82) is 0 Å². The van der Waals surface area contributed by atoms with Crippen molar-refractivity contribution < 1.29 is 17.6 Å². The Balaban J connectivity index is 3.08. The van der Waals surface area contributed by atoms with Crippen LogP contribution in [-0.2, 0) is 14.6 Å². The van der Waals surface area contributed by atoms with Crippen LogP contribution in [0.1, 0.15) is 20.8 Å². The monoisotopic (exact) mass is 273 g/mol. The van der Waals surface area contributed by atoms with E-state index in [1.54, 1.807) is 13.8 Å². The van der Waals surface area contributed by atoms with E-state index in [1.807, 2.05) is 0 Å². The highest BCUT2D eigenvalue weighted by Gasteiger charge is 2.31. The van der Waals surface area contributed by atoms with E-state index < -0.39 is 31.7 Å². The molecule has 0 bridgehead atoms. The van der Waals surface area contributed by atoms with Gasteiger partial charge in [-0.05, 0) is 32.9 Å². The van der Waals surface area contributed by atoms with Crippen LogP contribution in [0.15, 0.2) is 29.2 Å². The molecule has 0 aromatic heterocycles. The van der Waals surface area contributed by atoms with Crippen molar-refractivity contribution in [3.8, 4) is 0 Å². The second kappa shape index (κ2) is 5.48. The number of carbonyl (C=O) groups excluding carboxylic acids is 1. The van der Waals surface area contributed by atoms with Gasteiger partial charge in [-0.2, -0.15) is 0 Å². The topological polar surface area (TPSA) is 63.2 Å². The summed E-state index contributed by atoms with van der Waals surface area (Å²) < 4.78 is 37.6. The molecule has 1 aromatic rings. The highest BCUT2D eigenvalue weighted by atomic mass is 32.2. The lowest BCUT2D eigenvalue weighted by Crippen LogP contribution is -2.41. The molecule has 100 valence electrons. The maximum absolute atomic E-state index is 13.5. The first-order valence-corrected chi connectivity index (χ1v) is 7.10. The Labute approximate surface area is 106 Å². The van der Waals surface area contributed by atoms with Gasteiger partial charge in [0.2, 0.25) is 5.91 Å². The van der Waals surface area contributed by atoms with E-state index in [-0.39, 0.29) is 6.04 Å². The molecule has 0 heterocycles. The highest BCUT2D eigenvalue weighted by molar-refractivity contribution is 7.92. The molecule has 4 nitrogen and oxygen atoms in total. The normalized spacial score (nSPS) is 13.4. The number of carbonyl (C=O) groups is 1. The van der Waals surface area contributed by atoms with Crippen LogP contribution in [0.25, 0.3) is 0 Å². The van der Waals surface area contributed by atoms with Crippen molar-refractivity contribution in [3.63, 3.8) is 0 Å². The van der Waals surface area contributed by atoms with Crippen LogP contribution < -0.4 is 5.32 Å². The average Bonchev–Trinajstić information content (AvgIpc) is 2.27. The number of amides is 1. The van der Waals surface area contributed by atoms with Gasteiger partial charge in [-0.25, -0.2) is 12.8 Å². The molecule has 0 saturated carbocycles. The molecule has 0 aliphatic heterocycles. The molecule has 1 N–H and O–H groups in total. The van der Waals surface area contributed by atoms with Gasteiger partial charge in [-0.1, -0.05) is 12.1 Å². The number of benzene rings is 1. The third kappa shape index (κ3) is 3.07. The van der Waals surface area contributed by atoms with Crippen molar-refractivity contribution >= 4 is 15.7 Å². The molecule has 1 amide bonds. The standard InChI is InChI=1S/C12H16FNO3S/c1-8(2)14-12(15)9(3)18(16,17)11-7-5-4-6-10(11)13/h4-9H,1-3H3,(H,14,15). The van der Waals surface area contributed by atoms with Crippen LogP contribution >= 0.6 is 0 Å². The predicted octanol–water partition coefficient (Wildman–Crippen LogP) is 1.51. The summed E-state index contributed by atoms with van der Waals surface area (Å²) in [6, 6.07) is 4.86. The zero-order valence-electron chi connectivity index (χ0n) is 10.5. The van der Waals surface area contributed by atoms with Gasteiger partial charge in [-0.15, -0.1) is 0 Å². The van der Waals surface area contributed by atoms with E-state index in [1.165, 1.54) is 19.1 Å². The molecule has 0 aliphatic carbocycles. The summed E-state index contributed by atoms with van der Waals surface area (Å²) >= 11 is 0. The molecule has 0 radical (unpaired) electrons. The van der Waals surface area contributed by atoms with E-state index in [9.17, 15) is 17.6 Å². The summed E-state index contributed by atoms with van der Waals surface area (Å²) in [4.78, 5) is 11.2. The molecule has 1 aromatic carbocycles. The predicted molar refractivity (Wildman–Crippen MR) is 66.3 cm³/mol. The van der Waals surface area contributed by atoms with E-state index in [4.69, 9.17) is 0 Å². The number of halogens is 1. The quantitative estimate of drug-likeness (QED) is 0.904. The average molecular weight is 273 g/mol. The Morgan fingerprint density at radius 3 is 2.28 bits per heavy atom. The largest absolute Gasteiger partial charge is 0.353 e. The Morgan fingerprint density at radius 1 is 1.22 bits per heavy atom. The smallest absolute Gasteiger partial charge is 0.238 e. The van der Waals surface area contributed by atoms with Crippen molar-refractivity contribution in [2.75, 3.05) is 0 Å². The number of nitrogens with one attached hydrogen (secondary N) is 1. The molecule has 1 rings (SSSR count). The first kappa shape index (κ1) is 14.6. The molecule has 1 unspecified atom stereocenters. The van der Waals surface area contributed by atoms with Gasteiger partial charge in [0.15, 0.2) is 9.84 Å². The van der Waals surface area contributed by atoms with E-state index in [0.29, 0.717) is 0 Å². The van der Waals surface area contributed by atoms with Crippen molar-refractivity contribution in [2.24, 2.45) is 0 Å². The summed E-state index contributed by atoms with van der Waals surface area (Å²) in [6.45, 7) is 4.69. The first-order chi connectivity index (χ1) is 8.26. The minimum atomic E-state index is -4.00. The second-order valence-corrected chi connectivity index (χ2v) is 6.52. The van der Waals surface area contributed by atoms with Gasteiger partial charge < -0.3 is 5.32 Å². The molecule has 18 heavy (non-hydrogen) atoms. The number of rotatable bonds is 4. The molecule has 0 aliphatic rings. The van der Waals surface area contributed by atoms with Crippen LogP contribution in [0.4, 0.5) is 4.39 Å². The van der Waals surface area contributed by atoms with E-state index in [2.05, 4.69) is 5.32 Å². The first-order valence-electron chi connectivity index (χ1n) is 5.55. The van der Waals surface area contributed by atoms with Gasteiger partial charge in [-0.3, -0.25) is 4.79 Å². The third-order valence-corrected chi connectivity index (χ3v) is 4.50. The SMILES string of the molecule is CC(C)NC(=O)C(C)S(=O)(=O)c1ccccc1F. The summed E-state index contributed by atoms with van der Waals surface area (Å²) in [7, 11) is -4.00. The van der Waals surface area contributed by atoms with Gasteiger partial charge in [0.25, 0.3) is 0 Å². The van der Waals surface area contributed by atoms with Crippen LogP contribution in [0, 0.1) is 5.82 Å². The van der Waals surface area contributed by atoms with Crippen molar-refractivity contribution in [3.05, 3.63) is 30.1 Å². The summed E-state index contributed by atoms with van der Waals surface area (Å²) in [5.74, 6) is -1.48. The molecular weight excluding hydrogens is 257 g/mol. The van der Waals surface area contributed by atoms with Crippen LogP contribution in [0.3, 0.4) is 0 Å². The molecule has 0 fully saturated rings. The number of hydrogen-bond donors (Lipinski definition) is 1. The Kier molecular flexibility index (Phi) is 4.45. The summed E-state index contributed by atoms with van der Waals surface area (Å²) in [5.41, 5.74) is 0. The second-order valence-electron chi connectivity index (χ2n) is 4.28. The molecular formula is C12H16FNO3S. The van der Waals surface area contributed by atoms with Gasteiger partial charge in [0, 0.05) is 6.04 Å². The lowest BCUT2D eigenvalue weighted by Gasteiger charge is -2.15. The number of hydrogen-bond acceptors (Lipinski definition) is 3. The minimum absolute atomic E-state index is 0.171. The molecule has 1 atom stereocenters. The van der Waals surface area contributed by atoms with Crippen molar-refractivity contribution in [1.82, 2.24) is 5.32 Å². The summed E-state index contributed by atoms with van der Waals surface area (Å²) in [5, 5.41) is 1.17. The minimum Gasteiger partial charge on any atom is -0.353 e. The van der Waals surface area contributed by atoms with Gasteiger partial charge >= 0.3 is 0 Å². The molecule has 0 spiro atoms. The zero-order chi connectivity index (χ0) is 13.9. The number of sulfone groups is 1. The van der Waals surface area contributed by atoms with Crippen LogP contribution in [0.2, 0.25) is 0 Å². The fraction of sp³-hybridized carbons (Fsp3) is 0.417. The van der Waals surface area contributed by atoms with Crippen LogP contribution in [0.5, 0.6) is 0 Å². The lowest BCUT2D eigenvalue weighted by molar-refractivity contribution is -0.120. The lowest BCUT2D eigenvalue weighted by atomic mass is 10.3. The van der Waals surface area contributed by atoms with Gasteiger partial charge in [0.1, 0.15) is 16.0 Å². The maximum atomic E-state index is 13.5.